The summed E-state index contributed by atoms with van der Waals surface area (Å²) in [5.41, 5.74) is 22.6. The number of pyridine rings is 10. The van der Waals surface area contributed by atoms with Crippen molar-refractivity contribution in [1.29, 1.82) is 0 Å². The molecule has 0 spiro atoms. The van der Waals surface area contributed by atoms with E-state index < -0.39 is 29.1 Å². The number of piperidine rings is 1. The number of nitrogens with two attached hydrogens (primary N) is 1. The highest BCUT2D eigenvalue weighted by atomic mass is 19.1. The second-order valence-corrected chi connectivity index (χ2v) is 40.5. The van der Waals surface area contributed by atoms with Gasteiger partial charge in [0.2, 0.25) is 0 Å². The van der Waals surface area contributed by atoms with Crippen LogP contribution in [0.2, 0.25) is 0 Å². The van der Waals surface area contributed by atoms with Gasteiger partial charge in [0.05, 0.1) is 85.4 Å². The summed E-state index contributed by atoms with van der Waals surface area (Å²) in [6.45, 7) is 26.0. The van der Waals surface area contributed by atoms with Crippen LogP contribution in [0.1, 0.15) is 80.3 Å². The topological polar surface area (TPSA) is 322 Å². The van der Waals surface area contributed by atoms with E-state index in [-0.39, 0.29) is 62.1 Å². The van der Waals surface area contributed by atoms with E-state index in [1.807, 2.05) is 119 Å². The predicted molar refractivity (Wildman–Crippen MR) is 569 cm³/mol. The maximum absolute atomic E-state index is 14.5. The summed E-state index contributed by atoms with van der Waals surface area (Å²) in [5.74, 6) is -2.21. The first-order valence-electron chi connectivity index (χ1n) is 50.8. The smallest absolute Gasteiger partial charge is 0.258 e. The van der Waals surface area contributed by atoms with Crippen LogP contribution in [0.5, 0.6) is 0 Å². The third-order valence-electron chi connectivity index (χ3n) is 29.6. The Balaban J connectivity index is 0.000000103. The lowest BCUT2D eigenvalue weighted by Crippen LogP contribution is -2.50. The number of hydrogen-bond donors (Lipinski definition) is 2. The molecule has 7 aliphatic heterocycles. The van der Waals surface area contributed by atoms with Crippen LogP contribution in [-0.2, 0) is 0 Å². The van der Waals surface area contributed by atoms with Crippen molar-refractivity contribution in [2.75, 3.05) is 137 Å². The van der Waals surface area contributed by atoms with Crippen LogP contribution in [0.15, 0.2) is 238 Å². The van der Waals surface area contributed by atoms with E-state index in [4.69, 9.17) is 5.73 Å². The van der Waals surface area contributed by atoms with Gasteiger partial charge in [-0.1, -0.05) is 0 Å². The number of imidazole rings is 5. The first kappa shape index (κ1) is 97.1. The van der Waals surface area contributed by atoms with Crippen LogP contribution in [0.4, 0.5) is 50.4 Å². The number of rotatable bonds is 11. The molecular formula is C110H111F5N30O5. The van der Waals surface area contributed by atoms with Gasteiger partial charge in [0.25, 0.3) is 27.8 Å². The Morgan fingerprint density at radius 2 is 0.573 bits per heavy atom. The fourth-order valence-corrected chi connectivity index (χ4v) is 21.9. The van der Waals surface area contributed by atoms with E-state index in [1.165, 1.54) is 104 Å². The molecule has 0 radical (unpaired) electrons. The third kappa shape index (κ3) is 19.5. The number of nitrogens with zero attached hydrogens (tertiary/aromatic N) is 28. The molecule has 7 saturated heterocycles. The number of hydrogen-bond acceptors (Lipinski definition) is 25. The monoisotopic (exact) mass is 2030 g/mol. The van der Waals surface area contributed by atoms with Crippen LogP contribution in [0.3, 0.4) is 0 Å². The molecular weight excluding hydrogens is 1920 g/mol. The van der Waals surface area contributed by atoms with E-state index in [0.29, 0.717) is 109 Å². The number of piperazine rings is 3. The van der Waals surface area contributed by atoms with Crippen molar-refractivity contribution in [1.82, 2.24) is 114 Å². The zero-order chi connectivity index (χ0) is 103. The third-order valence-corrected chi connectivity index (χ3v) is 29.6. The molecule has 766 valence electrons. The second kappa shape index (κ2) is 39.7. The molecule has 35 nitrogen and oxygen atoms in total. The summed E-state index contributed by atoms with van der Waals surface area (Å²) in [6.07, 6.45) is 34.7. The lowest BCUT2D eigenvalue weighted by molar-refractivity contribution is 0.231. The van der Waals surface area contributed by atoms with E-state index >= 15 is 0 Å². The average Bonchev–Trinajstić information content (AvgIpc) is 1.38. The Morgan fingerprint density at radius 3 is 0.853 bits per heavy atom. The van der Waals surface area contributed by atoms with Crippen LogP contribution >= 0.6 is 0 Å². The van der Waals surface area contributed by atoms with Crippen LogP contribution < -0.4 is 63.3 Å². The fourth-order valence-electron chi connectivity index (χ4n) is 21.9. The van der Waals surface area contributed by atoms with Gasteiger partial charge in [-0.05, 0) is 205 Å². The molecule has 27 rings (SSSR count). The van der Waals surface area contributed by atoms with Crippen molar-refractivity contribution in [3.05, 3.63) is 324 Å². The lowest BCUT2D eigenvalue weighted by Gasteiger charge is -2.38. The summed E-state index contributed by atoms with van der Waals surface area (Å²) >= 11 is 0. The molecule has 40 heteroatoms. The van der Waals surface area contributed by atoms with Gasteiger partial charge in [0.15, 0.2) is 57.3 Å². The maximum Gasteiger partial charge on any atom is 0.258 e. The number of aromatic nitrogens is 20. The molecule has 0 unspecified atom stereocenters. The number of halogens is 5. The van der Waals surface area contributed by atoms with E-state index in [1.54, 1.807) is 108 Å². The normalized spacial score (nSPS) is 17.8. The SMILES string of the molecule is Cc1cn2cc(-c3cc(=O)n4cc(N5CCC(N)CC5)ccc4n3)cc(F)c2n1.Cc1cn2cc(-c3cc(=O)n4cc(N5CCN6CCC[C@@H]6C5)ccc4n3)cc(F)c2n1.Cc1cn2cc(-c3cc(=O)n4cc(N5CCN6CCC[C@H]6C5)ccc4n3)cc(F)c2n1.Cc1cn2cc(-c3cc(=O)n4cc(N5CCN[C@H](C)C5)ccc4n3)cc(F)c2n1.Cc1cn2cc(-c3cc(=O)n4cc(N5CC[C@@H](N(C)C)C5)ccc4n3)cc(F)c2n1. The van der Waals surface area contributed by atoms with Gasteiger partial charge in [0, 0.05) is 266 Å². The zero-order valence-electron chi connectivity index (χ0n) is 84.2. The molecule has 4 atom stereocenters. The summed E-state index contributed by atoms with van der Waals surface area (Å²) in [4.78, 5) is 127. The Morgan fingerprint density at radius 1 is 0.300 bits per heavy atom. The summed E-state index contributed by atoms with van der Waals surface area (Å²) in [6, 6.07) is 35.8. The molecule has 0 saturated carbocycles. The van der Waals surface area contributed by atoms with Gasteiger partial charge < -0.3 is 62.5 Å². The van der Waals surface area contributed by atoms with E-state index in [9.17, 15) is 45.9 Å². The Bertz CT molecular complexity index is 8840. The molecule has 20 aromatic heterocycles. The zero-order valence-corrected chi connectivity index (χ0v) is 84.2. The van der Waals surface area contributed by atoms with Crippen LogP contribution in [-0.4, -0.2) is 251 Å². The maximum atomic E-state index is 14.5. The first-order valence-corrected chi connectivity index (χ1v) is 50.8. The minimum Gasteiger partial charge on any atom is -0.370 e. The summed E-state index contributed by atoms with van der Waals surface area (Å²) < 4.78 is 88.3. The molecule has 0 bridgehead atoms. The summed E-state index contributed by atoms with van der Waals surface area (Å²) in [7, 11) is 4.19. The van der Waals surface area contributed by atoms with E-state index in [0.717, 1.165) is 161 Å². The number of anilines is 5. The Labute approximate surface area is 855 Å². The quantitative estimate of drug-likeness (QED) is 0.114. The lowest BCUT2D eigenvalue weighted by atomic mass is 10.1. The van der Waals surface area contributed by atoms with Crippen molar-refractivity contribution < 1.29 is 22.0 Å². The molecule has 7 aliphatic rings. The second-order valence-electron chi connectivity index (χ2n) is 40.5. The highest BCUT2D eigenvalue weighted by Gasteiger charge is 2.34. The molecule has 0 amide bonds. The van der Waals surface area contributed by atoms with Crippen LogP contribution in [0, 0.1) is 63.7 Å². The number of nitrogens with one attached hydrogen (secondary N) is 1. The Kier molecular flexibility index (Phi) is 25.7. The summed E-state index contributed by atoms with van der Waals surface area (Å²) in [5, 5.41) is 3.41. The molecule has 3 N–H and O–H groups in total. The van der Waals surface area contributed by atoms with Crippen molar-refractivity contribution in [3.8, 4) is 56.3 Å². The van der Waals surface area contributed by atoms with Crippen molar-refractivity contribution in [2.45, 2.75) is 117 Å². The highest BCUT2D eigenvalue weighted by Crippen LogP contribution is 2.34. The molecule has 7 fully saturated rings. The highest BCUT2D eigenvalue weighted by molar-refractivity contribution is 5.71. The largest absolute Gasteiger partial charge is 0.370 e. The molecule has 20 aromatic rings. The fraction of sp³-hybridized carbons (Fsp3) is 0.318. The van der Waals surface area contributed by atoms with Gasteiger partial charge in [0.1, 0.15) is 28.2 Å². The first-order chi connectivity index (χ1) is 72.4. The van der Waals surface area contributed by atoms with Crippen molar-refractivity contribution >= 4 is 84.9 Å². The van der Waals surface area contributed by atoms with Crippen molar-refractivity contribution in [3.63, 3.8) is 0 Å². The standard InChI is InChI=1S/2C23H23FN6O.C22H23FN6O.2C21H21FN6O/c2*1-15-11-29-12-16(9-19(24)23(29)25-15)20-10-22(31)30-14-18(4-5-21(30)26-20)28-8-7-27-6-2-3-17(27)13-28;1-14-10-28-11-15(8-18(23)22(28)24-14)19-9-21(30)29-13-17(4-5-20(29)25-19)27-7-6-16(12-27)26(2)3;1-13-9-26(6-5-23-13)16-3-4-19-25-18(8-20(29)28(19)12-16)15-7-17(22)21-24-14(2)10-27(21)11-15;1-13-10-27-11-14(8-17(22)21(27)24-13)18-9-20(29)28-12-16(2-3-19(28)25-18)26-6-4-15(23)5-7-26/h2*4-5,9-12,14,17H,2-3,6-8,13H2,1H3;4-5,8-11,13,16H,6-7,12H2,1-3H3;3-4,7-8,10-13,23H,5-6,9H2,1-2H3;2-3,8-12,15H,4-7,23H2,1H3/t2*17-;16-;13-;/m1011./s1. The number of aryl methyl sites for hydroxylation is 5. The van der Waals surface area contributed by atoms with E-state index in [2.05, 4.69) is 115 Å². The number of likely N-dealkylation sites (N-methyl/N-ethyl adjacent to an activating group) is 1. The number of fused-ring (bicyclic) bond motifs is 12. The van der Waals surface area contributed by atoms with Crippen LogP contribution in [0.25, 0.3) is 113 Å². The predicted octanol–water partition coefficient (Wildman–Crippen LogP) is 12.7. The molecule has 27 heterocycles. The van der Waals surface area contributed by atoms with Crippen molar-refractivity contribution in [2.24, 2.45) is 5.73 Å². The minimum atomic E-state index is -0.448. The average molecular weight is 2030 g/mol. The molecule has 0 aliphatic carbocycles. The van der Waals surface area contributed by atoms with Gasteiger partial charge >= 0.3 is 0 Å². The van der Waals surface area contributed by atoms with Gasteiger partial charge in [-0.25, -0.2) is 71.8 Å². The molecule has 150 heavy (non-hydrogen) atoms. The molecule has 0 aromatic carbocycles. The van der Waals surface area contributed by atoms with Gasteiger partial charge in [-0.15, -0.1) is 0 Å². The minimum absolute atomic E-state index is 0.177. The van der Waals surface area contributed by atoms with Gasteiger partial charge in [-0.3, -0.25) is 55.8 Å². The Hall–Kier alpha value is -16.3. The van der Waals surface area contributed by atoms with Gasteiger partial charge in [-0.2, -0.15) is 0 Å².